The van der Waals surface area contributed by atoms with Crippen LogP contribution in [0.2, 0.25) is 0 Å². The van der Waals surface area contributed by atoms with E-state index in [1.807, 2.05) is 42.5 Å². The summed E-state index contributed by atoms with van der Waals surface area (Å²) in [5, 5.41) is 16.7. The first kappa shape index (κ1) is 20.4. The van der Waals surface area contributed by atoms with Gasteiger partial charge in [-0.2, -0.15) is 5.10 Å². The van der Waals surface area contributed by atoms with Crippen LogP contribution >= 0.6 is 0 Å². The normalized spacial score (nSPS) is 15.7. The molecule has 0 N–H and O–H groups in total. The van der Waals surface area contributed by atoms with Crippen molar-refractivity contribution >= 4 is 17.6 Å². The number of nitrogens with zero attached hydrogens (tertiary/aromatic N) is 2. The van der Waals surface area contributed by atoms with E-state index in [1.54, 1.807) is 20.3 Å². The molecule has 1 aliphatic rings. The summed E-state index contributed by atoms with van der Waals surface area (Å²) in [6.45, 7) is 0. The lowest BCUT2D eigenvalue weighted by Crippen LogP contribution is -2.28. The second kappa shape index (κ2) is 9.23. The molecule has 7 heteroatoms. The van der Waals surface area contributed by atoms with Gasteiger partial charge in [0.1, 0.15) is 0 Å². The van der Waals surface area contributed by atoms with Crippen LogP contribution in [0.4, 0.5) is 0 Å². The van der Waals surface area contributed by atoms with Crippen molar-refractivity contribution in [3.63, 3.8) is 0 Å². The lowest BCUT2D eigenvalue weighted by Gasteiger charge is -2.23. The van der Waals surface area contributed by atoms with Crippen molar-refractivity contribution in [2.75, 3.05) is 14.2 Å². The number of carbonyl (C=O) groups is 2. The molecule has 29 heavy (non-hydrogen) atoms. The van der Waals surface area contributed by atoms with Crippen LogP contribution in [0, 0.1) is 0 Å². The highest BCUT2D eigenvalue weighted by Gasteiger charge is 2.33. The van der Waals surface area contributed by atoms with Crippen LogP contribution < -0.4 is 14.6 Å². The van der Waals surface area contributed by atoms with E-state index in [0.717, 1.165) is 16.8 Å². The number of benzene rings is 2. The number of ether oxygens (including phenoxy) is 2. The number of amides is 1. The number of rotatable bonds is 8. The van der Waals surface area contributed by atoms with E-state index in [4.69, 9.17) is 9.47 Å². The third-order valence-corrected chi connectivity index (χ3v) is 4.84. The smallest absolute Gasteiger partial charge is 0.243 e. The molecule has 0 radical (unpaired) electrons. The predicted molar refractivity (Wildman–Crippen MR) is 106 cm³/mol. The molecule has 0 bridgehead atoms. The number of hydrazone groups is 1. The van der Waals surface area contributed by atoms with Gasteiger partial charge in [0.05, 0.1) is 26.0 Å². The molecule has 0 saturated heterocycles. The van der Waals surface area contributed by atoms with E-state index < -0.39 is 5.97 Å². The number of hydrogen-bond acceptors (Lipinski definition) is 6. The largest absolute Gasteiger partial charge is 0.550 e. The second-order valence-corrected chi connectivity index (χ2v) is 6.71. The van der Waals surface area contributed by atoms with E-state index in [1.165, 1.54) is 5.01 Å². The SMILES string of the molecule is COc1ccc([C@@H]2CC(c3ccccc3)=NN2C(=O)CCCC(=O)[O-])cc1OC. The number of hydrogen-bond donors (Lipinski definition) is 0. The van der Waals surface area contributed by atoms with Gasteiger partial charge < -0.3 is 19.4 Å². The number of carbonyl (C=O) groups excluding carboxylic acids is 2. The van der Waals surface area contributed by atoms with Gasteiger partial charge in [-0.3, -0.25) is 4.79 Å². The molecular formula is C22H23N2O5-. The fourth-order valence-electron chi connectivity index (χ4n) is 3.36. The Hall–Kier alpha value is -3.35. The van der Waals surface area contributed by atoms with E-state index >= 15 is 0 Å². The van der Waals surface area contributed by atoms with Crippen molar-refractivity contribution in [3.8, 4) is 11.5 Å². The third kappa shape index (κ3) is 4.74. The van der Waals surface area contributed by atoms with Crippen LogP contribution in [0.3, 0.4) is 0 Å². The molecule has 2 aromatic carbocycles. The highest BCUT2D eigenvalue weighted by molar-refractivity contribution is 6.03. The number of aliphatic carboxylic acids is 1. The summed E-state index contributed by atoms with van der Waals surface area (Å²) in [4.78, 5) is 23.5. The average Bonchev–Trinajstić information content (AvgIpc) is 3.19. The molecule has 1 aliphatic heterocycles. The van der Waals surface area contributed by atoms with Gasteiger partial charge >= 0.3 is 0 Å². The second-order valence-electron chi connectivity index (χ2n) is 6.71. The molecule has 1 atom stereocenters. The molecule has 0 spiro atoms. The van der Waals surface area contributed by atoms with Gasteiger partial charge in [-0.05, 0) is 36.1 Å². The number of carboxylic acid groups (broad SMARTS) is 1. The Balaban J connectivity index is 1.89. The fourth-order valence-corrected chi connectivity index (χ4v) is 3.36. The topological polar surface area (TPSA) is 91.3 Å². The van der Waals surface area contributed by atoms with Gasteiger partial charge in [-0.15, -0.1) is 0 Å². The molecule has 1 amide bonds. The van der Waals surface area contributed by atoms with Crippen LogP contribution in [0.25, 0.3) is 0 Å². The van der Waals surface area contributed by atoms with Crippen molar-refractivity contribution in [1.82, 2.24) is 5.01 Å². The zero-order valence-electron chi connectivity index (χ0n) is 16.5. The van der Waals surface area contributed by atoms with Gasteiger partial charge in [0.2, 0.25) is 5.91 Å². The summed E-state index contributed by atoms with van der Waals surface area (Å²) in [5.74, 6) is -0.214. The summed E-state index contributed by atoms with van der Waals surface area (Å²) in [7, 11) is 3.13. The maximum absolute atomic E-state index is 12.8. The predicted octanol–water partition coefficient (Wildman–Crippen LogP) is 2.30. The summed E-state index contributed by atoms with van der Waals surface area (Å²) in [6, 6.07) is 14.9. The zero-order valence-corrected chi connectivity index (χ0v) is 16.5. The van der Waals surface area contributed by atoms with Gasteiger partial charge in [0.25, 0.3) is 0 Å². The van der Waals surface area contributed by atoms with E-state index in [0.29, 0.717) is 17.9 Å². The molecule has 0 aromatic heterocycles. The Morgan fingerprint density at radius 1 is 1.07 bits per heavy atom. The summed E-state index contributed by atoms with van der Waals surface area (Å²) in [5.41, 5.74) is 2.62. The Bertz CT molecular complexity index is 911. The van der Waals surface area contributed by atoms with E-state index in [9.17, 15) is 14.7 Å². The van der Waals surface area contributed by atoms with Crippen LogP contribution in [0.15, 0.2) is 53.6 Å². The molecule has 2 aromatic rings. The quantitative estimate of drug-likeness (QED) is 0.684. The van der Waals surface area contributed by atoms with E-state index in [-0.39, 0.29) is 31.2 Å². The molecule has 0 fully saturated rings. The summed E-state index contributed by atoms with van der Waals surface area (Å²) >= 11 is 0. The fraction of sp³-hybridized carbons (Fsp3) is 0.318. The van der Waals surface area contributed by atoms with Crippen molar-refractivity contribution in [1.29, 1.82) is 0 Å². The lowest BCUT2D eigenvalue weighted by molar-refractivity contribution is -0.305. The highest BCUT2D eigenvalue weighted by atomic mass is 16.5. The molecule has 0 aliphatic carbocycles. The Labute approximate surface area is 169 Å². The highest BCUT2D eigenvalue weighted by Crippen LogP contribution is 2.37. The number of methoxy groups -OCH3 is 2. The van der Waals surface area contributed by atoms with Crippen LogP contribution in [-0.2, 0) is 9.59 Å². The summed E-state index contributed by atoms with van der Waals surface area (Å²) in [6.07, 6.45) is 0.692. The summed E-state index contributed by atoms with van der Waals surface area (Å²) < 4.78 is 10.7. The van der Waals surface area contributed by atoms with Gasteiger partial charge in [0.15, 0.2) is 11.5 Å². The number of carboxylic acids is 1. The van der Waals surface area contributed by atoms with Crippen molar-refractivity contribution in [2.24, 2.45) is 5.10 Å². The maximum atomic E-state index is 12.8. The van der Waals surface area contributed by atoms with Gasteiger partial charge in [-0.1, -0.05) is 36.4 Å². The van der Waals surface area contributed by atoms with E-state index in [2.05, 4.69) is 5.10 Å². The van der Waals surface area contributed by atoms with Gasteiger partial charge in [-0.25, -0.2) is 5.01 Å². The third-order valence-electron chi connectivity index (χ3n) is 4.84. The first-order valence-electron chi connectivity index (χ1n) is 9.40. The van der Waals surface area contributed by atoms with Crippen LogP contribution in [0.1, 0.15) is 42.9 Å². The Morgan fingerprint density at radius 3 is 2.45 bits per heavy atom. The van der Waals surface area contributed by atoms with Crippen molar-refractivity contribution in [2.45, 2.75) is 31.7 Å². The molecule has 1 heterocycles. The van der Waals surface area contributed by atoms with Crippen molar-refractivity contribution in [3.05, 3.63) is 59.7 Å². The molecule has 152 valence electrons. The Kier molecular flexibility index (Phi) is 6.49. The minimum atomic E-state index is -1.16. The van der Waals surface area contributed by atoms with Gasteiger partial charge in [0, 0.05) is 18.8 Å². The zero-order chi connectivity index (χ0) is 20.8. The first-order valence-corrected chi connectivity index (χ1v) is 9.40. The molecular weight excluding hydrogens is 372 g/mol. The van der Waals surface area contributed by atoms with Crippen molar-refractivity contribution < 1.29 is 24.2 Å². The van der Waals surface area contributed by atoms with Crippen LogP contribution in [0.5, 0.6) is 11.5 Å². The standard InChI is InChI=1S/C22H24N2O5/c1-28-19-12-11-16(13-20(19)29-2)18-14-17(15-7-4-3-5-8-15)23-24(18)21(25)9-6-10-22(26)27/h3-5,7-8,11-13,18H,6,9-10,14H2,1-2H3,(H,26,27)/p-1/t18-/m0/s1. The molecule has 0 saturated carbocycles. The maximum Gasteiger partial charge on any atom is 0.243 e. The first-order chi connectivity index (χ1) is 14.0. The van der Waals surface area contributed by atoms with Crippen LogP contribution in [-0.4, -0.2) is 36.8 Å². The average molecular weight is 395 g/mol. The minimum Gasteiger partial charge on any atom is -0.550 e. The molecule has 7 nitrogen and oxygen atoms in total. The Morgan fingerprint density at radius 2 is 1.79 bits per heavy atom. The monoisotopic (exact) mass is 395 g/mol. The minimum absolute atomic E-state index is 0.0866. The molecule has 3 rings (SSSR count). The lowest BCUT2D eigenvalue weighted by atomic mass is 9.98. The molecule has 0 unspecified atom stereocenters.